The summed E-state index contributed by atoms with van der Waals surface area (Å²) in [5, 5.41) is 0.812. The van der Waals surface area contributed by atoms with Gasteiger partial charge in [0.2, 0.25) is 0 Å². The molecule has 0 fully saturated rings. The molecule has 0 saturated carbocycles. The summed E-state index contributed by atoms with van der Waals surface area (Å²) in [5.41, 5.74) is 1.53. The molecular formula is C18H22ClF3. The van der Waals surface area contributed by atoms with Gasteiger partial charge in [-0.2, -0.15) is 13.2 Å². The molecule has 0 atom stereocenters. The maximum absolute atomic E-state index is 12.0. The van der Waals surface area contributed by atoms with Crippen molar-refractivity contribution >= 4 is 11.6 Å². The van der Waals surface area contributed by atoms with Crippen LogP contribution >= 0.6 is 11.6 Å². The maximum Gasteiger partial charge on any atom is 0.412 e. The van der Waals surface area contributed by atoms with E-state index in [1.807, 2.05) is 31.2 Å². The first-order chi connectivity index (χ1) is 10.2. The fourth-order valence-electron chi connectivity index (χ4n) is 1.38. The molecule has 22 heavy (non-hydrogen) atoms. The zero-order valence-electron chi connectivity index (χ0n) is 13.2. The number of alkyl halides is 3. The van der Waals surface area contributed by atoms with Gasteiger partial charge in [-0.1, -0.05) is 62.4 Å². The molecule has 0 spiro atoms. The number of rotatable bonds is 4. The Morgan fingerprint density at radius 3 is 2.05 bits per heavy atom. The molecule has 0 aliphatic rings. The Bertz CT molecular complexity index is 508. The standard InChI is InChI=1S/C10H13F3.C8H9Cl/c1-4-9(5-2)7-6-8(3)10(11,12)13;1-2-7-3-5-8(9)6-4-7/h4,6-7H,1,5H2,2-3H3;3-6H,2H2,1H3/b8-6+,9-7+;. The number of allylic oxidation sites excluding steroid dienone is 5. The van der Waals surface area contributed by atoms with Gasteiger partial charge in [0.15, 0.2) is 0 Å². The summed E-state index contributed by atoms with van der Waals surface area (Å²) in [6.45, 7) is 8.54. The molecule has 1 aromatic carbocycles. The van der Waals surface area contributed by atoms with Crippen molar-refractivity contribution in [2.75, 3.05) is 0 Å². The van der Waals surface area contributed by atoms with Gasteiger partial charge >= 0.3 is 6.18 Å². The predicted molar refractivity (Wildman–Crippen MR) is 89.2 cm³/mol. The Kier molecular flexibility index (Phi) is 9.59. The number of aryl methyl sites for hydroxylation is 1. The lowest BCUT2D eigenvalue weighted by Gasteiger charge is -2.04. The van der Waals surface area contributed by atoms with Crippen molar-refractivity contribution in [3.63, 3.8) is 0 Å². The summed E-state index contributed by atoms with van der Waals surface area (Å²) in [6.07, 6.45) is 1.61. The highest BCUT2D eigenvalue weighted by atomic mass is 35.5. The molecule has 0 saturated heterocycles. The summed E-state index contributed by atoms with van der Waals surface area (Å²) in [7, 11) is 0. The molecule has 0 heterocycles. The lowest BCUT2D eigenvalue weighted by molar-refractivity contribution is -0.0912. The van der Waals surface area contributed by atoms with Crippen LogP contribution < -0.4 is 0 Å². The second-order valence-electron chi connectivity index (χ2n) is 4.63. The molecule has 0 aliphatic carbocycles. The van der Waals surface area contributed by atoms with Gasteiger partial charge in [0.05, 0.1) is 0 Å². The van der Waals surface area contributed by atoms with E-state index in [1.54, 1.807) is 6.08 Å². The normalized spacial score (nSPS) is 12.5. The van der Waals surface area contributed by atoms with Gasteiger partial charge in [-0.05, 0) is 43.0 Å². The second-order valence-corrected chi connectivity index (χ2v) is 5.06. The van der Waals surface area contributed by atoms with Crippen LogP contribution in [0.1, 0.15) is 32.8 Å². The Morgan fingerprint density at radius 1 is 1.14 bits per heavy atom. The minimum absolute atomic E-state index is 0.597. The van der Waals surface area contributed by atoms with E-state index in [1.165, 1.54) is 11.6 Å². The number of hydrogen-bond acceptors (Lipinski definition) is 0. The van der Waals surface area contributed by atoms with E-state index < -0.39 is 11.7 Å². The van der Waals surface area contributed by atoms with Crippen LogP contribution in [-0.4, -0.2) is 6.18 Å². The molecule has 1 aromatic rings. The highest BCUT2D eigenvalue weighted by molar-refractivity contribution is 6.30. The second kappa shape index (κ2) is 10.3. The Hall–Kier alpha value is -1.48. The van der Waals surface area contributed by atoms with Crippen LogP contribution in [-0.2, 0) is 6.42 Å². The third kappa shape index (κ3) is 8.73. The van der Waals surface area contributed by atoms with E-state index >= 15 is 0 Å². The van der Waals surface area contributed by atoms with E-state index in [0.717, 1.165) is 30.0 Å². The van der Waals surface area contributed by atoms with Crippen LogP contribution in [0, 0.1) is 0 Å². The van der Waals surface area contributed by atoms with Crippen molar-refractivity contribution in [1.29, 1.82) is 0 Å². The van der Waals surface area contributed by atoms with E-state index in [0.29, 0.717) is 6.42 Å². The third-order valence-corrected chi connectivity index (χ3v) is 3.24. The van der Waals surface area contributed by atoms with Crippen molar-refractivity contribution in [3.05, 3.63) is 70.8 Å². The summed E-state index contributed by atoms with van der Waals surface area (Å²) in [6, 6.07) is 7.92. The van der Waals surface area contributed by atoms with Crippen molar-refractivity contribution in [2.24, 2.45) is 0 Å². The molecule has 0 unspecified atom stereocenters. The zero-order valence-corrected chi connectivity index (χ0v) is 13.9. The van der Waals surface area contributed by atoms with Crippen molar-refractivity contribution < 1.29 is 13.2 Å². The molecule has 1 rings (SSSR count). The number of benzene rings is 1. The molecule has 122 valence electrons. The SMILES string of the molecule is C=C/C(=C\C=C(/C)C(F)(F)F)CC.CCc1ccc(Cl)cc1. The first kappa shape index (κ1) is 20.5. The molecule has 0 bridgehead atoms. The van der Waals surface area contributed by atoms with Gasteiger partial charge in [0.25, 0.3) is 0 Å². The summed E-state index contributed by atoms with van der Waals surface area (Å²) >= 11 is 5.67. The zero-order chi connectivity index (χ0) is 17.2. The van der Waals surface area contributed by atoms with Gasteiger partial charge in [-0.15, -0.1) is 0 Å². The highest BCUT2D eigenvalue weighted by Crippen LogP contribution is 2.24. The molecular weight excluding hydrogens is 309 g/mol. The largest absolute Gasteiger partial charge is 0.412 e. The molecule has 0 radical (unpaired) electrons. The minimum Gasteiger partial charge on any atom is -0.166 e. The number of hydrogen-bond donors (Lipinski definition) is 0. The Labute approximate surface area is 136 Å². The predicted octanol–water partition coefficient (Wildman–Crippen LogP) is 6.92. The van der Waals surface area contributed by atoms with Gasteiger partial charge < -0.3 is 0 Å². The smallest absolute Gasteiger partial charge is 0.166 e. The van der Waals surface area contributed by atoms with Crippen LogP contribution in [0.3, 0.4) is 0 Å². The third-order valence-electron chi connectivity index (χ3n) is 2.99. The first-order valence-electron chi connectivity index (χ1n) is 7.06. The lowest BCUT2D eigenvalue weighted by Crippen LogP contribution is -2.08. The van der Waals surface area contributed by atoms with Crippen molar-refractivity contribution in [1.82, 2.24) is 0 Å². The van der Waals surface area contributed by atoms with Crippen LogP contribution in [0.4, 0.5) is 13.2 Å². The monoisotopic (exact) mass is 330 g/mol. The molecule has 0 aliphatic heterocycles. The van der Waals surface area contributed by atoms with Crippen LogP contribution in [0.5, 0.6) is 0 Å². The van der Waals surface area contributed by atoms with Gasteiger partial charge in [0.1, 0.15) is 0 Å². The van der Waals surface area contributed by atoms with E-state index in [4.69, 9.17) is 11.6 Å². The fourth-order valence-corrected chi connectivity index (χ4v) is 1.50. The summed E-state index contributed by atoms with van der Waals surface area (Å²) in [5.74, 6) is 0. The average Bonchev–Trinajstić information content (AvgIpc) is 2.48. The van der Waals surface area contributed by atoms with Crippen LogP contribution in [0.15, 0.2) is 60.2 Å². The highest BCUT2D eigenvalue weighted by Gasteiger charge is 2.29. The van der Waals surface area contributed by atoms with E-state index in [2.05, 4.69) is 13.5 Å². The van der Waals surface area contributed by atoms with Crippen LogP contribution in [0.2, 0.25) is 5.02 Å². The van der Waals surface area contributed by atoms with Crippen molar-refractivity contribution in [3.8, 4) is 0 Å². The molecule has 0 N–H and O–H groups in total. The average molecular weight is 331 g/mol. The summed E-state index contributed by atoms with van der Waals surface area (Å²) < 4.78 is 36.0. The molecule has 0 amide bonds. The Balaban J connectivity index is 0.000000425. The van der Waals surface area contributed by atoms with Crippen molar-refractivity contribution in [2.45, 2.75) is 39.8 Å². The molecule has 0 aromatic heterocycles. The first-order valence-corrected chi connectivity index (χ1v) is 7.43. The van der Waals surface area contributed by atoms with Gasteiger partial charge in [0, 0.05) is 10.6 Å². The van der Waals surface area contributed by atoms with E-state index in [9.17, 15) is 13.2 Å². The van der Waals surface area contributed by atoms with Gasteiger partial charge in [-0.25, -0.2) is 0 Å². The maximum atomic E-state index is 12.0. The quantitative estimate of drug-likeness (QED) is 0.525. The minimum atomic E-state index is -4.23. The molecule has 0 nitrogen and oxygen atoms in total. The van der Waals surface area contributed by atoms with Gasteiger partial charge in [-0.3, -0.25) is 0 Å². The van der Waals surface area contributed by atoms with Crippen LogP contribution in [0.25, 0.3) is 0 Å². The Morgan fingerprint density at radius 2 is 1.68 bits per heavy atom. The molecule has 4 heteroatoms. The summed E-state index contributed by atoms with van der Waals surface area (Å²) in [4.78, 5) is 0. The van der Waals surface area contributed by atoms with E-state index in [-0.39, 0.29) is 0 Å². The topological polar surface area (TPSA) is 0 Å². The lowest BCUT2D eigenvalue weighted by atomic mass is 10.1. The number of halogens is 4. The fraction of sp³-hybridized carbons (Fsp3) is 0.333.